The zero-order chi connectivity index (χ0) is 17.4. The van der Waals surface area contributed by atoms with Crippen LogP contribution in [0.4, 0.5) is 0 Å². The zero-order valence-electron chi connectivity index (χ0n) is 13.9. The smallest absolute Gasteiger partial charge is 0.119 e. The molecule has 0 aliphatic rings. The molecule has 24 heavy (non-hydrogen) atoms. The summed E-state index contributed by atoms with van der Waals surface area (Å²) in [5, 5.41) is 17.6. The lowest BCUT2D eigenvalue weighted by atomic mass is 10.1. The van der Waals surface area contributed by atoms with E-state index >= 15 is 0 Å². The number of nitriles is 2. The summed E-state index contributed by atoms with van der Waals surface area (Å²) in [5.74, 6) is 1.53. The number of ether oxygens (including phenoxy) is 2. The maximum atomic E-state index is 8.79. The molecule has 0 bridgehead atoms. The third-order valence-corrected chi connectivity index (χ3v) is 3.62. The second-order valence-electron chi connectivity index (χ2n) is 5.71. The number of hydrogen-bond donors (Lipinski definition) is 0. The maximum absolute atomic E-state index is 8.79. The fraction of sp³-hybridized carbons (Fsp3) is 0.300. The first-order valence-electron chi connectivity index (χ1n) is 7.94. The molecule has 0 aliphatic carbocycles. The Kier molecular flexibility index (Phi) is 6.23. The van der Waals surface area contributed by atoms with Crippen LogP contribution >= 0.6 is 0 Å². The predicted octanol–water partition coefficient (Wildman–Crippen LogP) is 4.44. The second kappa shape index (κ2) is 8.60. The van der Waals surface area contributed by atoms with E-state index in [2.05, 4.69) is 12.1 Å². The molecule has 4 nitrogen and oxygen atoms in total. The Hall–Kier alpha value is -2.98. The lowest BCUT2D eigenvalue weighted by molar-refractivity contribution is 0.160. The molecule has 0 saturated carbocycles. The van der Waals surface area contributed by atoms with Crippen LogP contribution in [0, 0.1) is 22.7 Å². The van der Waals surface area contributed by atoms with Gasteiger partial charge in [0, 0.05) is 0 Å². The van der Waals surface area contributed by atoms with Gasteiger partial charge in [0.05, 0.1) is 35.5 Å². The van der Waals surface area contributed by atoms with E-state index in [1.165, 1.54) is 0 Å². The van der Waals surface area contributed by atoms with Crippen LogP contribution in [0.15, 0.2) is 48.5 Å². The SMILES string of the molecule is CC(CCC(C)Oc1ccc(C#N)cc1)Oc1ccc(C#N)cc1. The molecule has 2 aromatic rings. The van der Waals surface area contributed by atoms with Gasteiger partial charge in [-0.2, -0.15) is 10.5 Å². The summed E-state index contributed by atoms with van der Waals surface area (Å²) in [7, 11) is 0. The molecule has 0 spiro atoms. The Labute approximate surface area is 142 Å². The fourth-order valence-electron chi connectivity index (χ4n) is 2.27. The molecule has 0 amide bonds. The van der Waals surface area contributed by atoms with E-state index in [9.17, 15) is 0 Å². The van der Waals surface area contributed by atoms with Crippen molar-refractivity contribution in [3.8, 4) is 23.6 Å². The molecule has 2 rings (SSSR count). The average molecular weight is 320 g/mol. The molecular weight excluding hydrogens is 300 g/mol. The summed E-state index contributed by atoms with van der Waals surface area (Å²) in [4.78, 5) is 0. The summed E-state index contributed by atoms with van der Waals surface area (Å²) in [6.07, 6.45) is 1.84. The highest BCUT2D eigenvalue weighted by atomic mass is 16.5. The highest BCUT2D eigenvalue weighted by Gasteiger charge is 2.09. The Morgan fingerprint density at radius 3 is 1.33 bits per heavy atom. The van der Waals surface area contributed by atoms with Crippen molar-refractivity contribution in [1.29, 1.82) is 10.5 Å². The van der Waals surface area contributed by atoms with Crippen molar-refractivity contribution in [1.82, 2.24) is 0 Å². The summed E-state index contributed by atoms with van der Waals surface area (Å²) in [6.45, 7) is 4.04. The number of nitrogens with zero attached hydrogens (tertiary/aromatic N) is 2. The molecule has 0 heterocycles. The Morgan fingerprint density at radius 1 is 0.708 bits per heavy atom. The third kappa shape index (κ3) is 5.34. The van der Waals surface area contributed by atoms with Gasteiger partial charge < -0.3 is 9.47 Å². The van der Waals surface area contributed by atoms with Crippen molar-refractivity contribution >= 4 is 0 Å². The van der Waals surface area contributed by atoms with Crippen molar-refractivity contribution in [2.45, 2.75) is 38.9 Å². The molecule has 0 aliphatic heterocycles. The first-order valence-corrected chi connectivity index (χ1v) is 7.94. The van der Waals surface area contributed by atoms with Crippen LogP contribution in [0.25, 0.3) is 0 Å². The van der Waals surface area contributed by atoms with Gasteiger partial charge in [-0.3, -0.25) is 0 Å². The molecule has 0 N–H and O–H groups in total. The summed E-state index contributed by atoms with van der Waals surface area (Å²) in [5.41, 5.74) is 1.25. The van der Waals surface area contributed by atoms with Gasteiger partial charge in [0.2, 0.25) is 0 Å². The lowest BCUT2D eigenvalue weighted by Gasteiger charge is -2.18. The maximum Gasteiger partial charge on any atom is 0.119 e. The van der Waals surface area contributed by atoms with E-state index in [-0.39, 0.29) is 12.2 Å². The van der Waals surface area contributed by atoms with Gasteiger partial charge in [0.1, 0.15) is 11.5 Å². The molecule has 0 saturated heterocycles. The number of hydrogen-bond acceptors (Lipinski definition) is 4. The van der Waals surface area contributed by atoms with Gasteiger partial charge in [-0.25, -0.2) is 0 Å². The van der Waals surface area contributed by atoms with Gasteiger partial charge in [-0.1, -0.05) is 0 Å². The molecule has 0 aromatic heterocycles. The quantitative estimate of drug-likeness (QED) is 0.756. The van der Waals surface area contributed by atoms with E-state index in [1.54, 1.807) is 24.3 Å². The van der Waals surface area contributed by atoms with Crippen LogP contribution in [0.2, 0.25) is 0 Å². The molecule has 2 unspecified atom stereocenters. The highest BCUT2D eigenvalue weighted by Crippen LogP contribution is 2.18. The second-order valence-corrected chi connectivity index (χ2v) is 5.71. The predicted molar refractivity (Wildman–Crippen MR) is 91.7 cm³/mol. The van der Waals surface area contributed by atoms with Gasteiger partial charge in [0.25, 0.3) is 0 Å². The Morgan fingerprint density at radius 2 is 1.04 bits per heavy atom. The van der Waals surface area contributed by atoms with Crippen LogP contribution < -0.4 is 9.47 Å². The molecular formula is C20H20N2O2. The van der Waals surface area contributed by atoms with Crippen LogP contribution in [-0.2, 0) is 0 Å². The fourth-order valence-corrected chi connectivity index (χ4v) is 2.27. The van der Waals surface area contributed by atoms with Gasteiger partial charge in [-0.15, -0.1) is 0 Å². The summed E-state index contributed by atoms with van der Waals surface area (Å²) >= 11 is 0. The third-order valence-electron chi connectivity index (χ3n) is 3.62. The Bertz CT molecular complexity index is 659. The Balaban J connectivity index is 1.76. The average Bonchev–Trinajstić information content (AvgIpc) is 2.61. The minimum atomic E-state index is 0.0601. The van der Waals surface area contributed by atoms with Crippen LogP contribution in [0.3, 0.4) is 0 Å². The van der Waals surface area contributed by atoms with Crippen molar-refractivity contribution in [2.75, 3.05) is 0 Å². The van der Waals surface area contributed by atoms with Crippen LogP contribution in [-0.4, -0.2) is 12.2 Å². The normalized spacial score (nSPS) is 12.5. The number of rotatable bonds is 7. The minimum Gasteiger partial charge on any atom is -0.491 e. The van der Waals surface area contributed by atoms with Crippen LogP contribution in [0.5, 0.6) is 11.5 Å². The van der Waals surface area contributed by atoms with Gasteiger partial charge >= 0.3 is 0 Å². The van der Waals surface area contributed by atoms with E-state index in [1.807, 2.05) is 38.1 Å². The van der Waals surface area contributed by atoms with Crippen LogP contribution in [0.1, 0.15) is 37.8 Å². The summed E-state index contributed by atoms with van der Waals surface area (Å²) in [6, 6.07) is 18.4. The topological polar surface area (TPSA) is 66.0 Å². The molecule has 2 aromatic carbocycles. The monoisotopic (exact) mass is 320 g/mol. The van der Waals surface area contributed by atoms with Crippen molar-refractivity contribution in [3.63, 3.8) is 0 Å². The van der Waals surface area contributed by atoms with Gasteiger partial charge in [-0.05, 0) is 75.2 Å². The molecule has 2 atom stereocenters. The number of benzene rings is 2. The van der Waals surface area contributed by atoms with Crippen molar-refractivity contribution in [3.05, 3.63) is 59.7 Å². The first kappa shape index (κ1) is 17.4. The molecule has 0 fully saturated rings. The lowest BCUT2D eigenvalue weighted by Crippen LogP contribution is -2.18. The minimum absolute atomic E-state index is 0.0601. The standard InChI is InChI=1S/C20H20N2O2/c1-15(23-19-9-5-17(13-21)6-10-19)3-4-16(2)24-20-11-7-18(14-22)8-12-20/h5-12,15-16H,3-4H2,1-2H3. The van der Waals surface area contributed by atoms with Crippen molar-refractivity contribution < 1.29 is 9.47 Å². The van der Waals surface area contributed by atoms with E-state index in [0.717, 1.165) is 24.3 Å². The van der Waals surface area contributed by atoms with Gasteiger partial charge in [0.15, 0.2) is 0 Å². The zero-order valence-corrected chi connectivity index (χ0v) is 13.9. The first-order chi connectivity index (χ1) is 11.6. The van der Waals surface area contributed by atoms with E-state index in [0.29, 0.717) is 11.1 Å². The molecule has 122 valence electrons. The summed E-state index contributed by atoms with van der Waals surface area (Å²) < 4.78 is 11.7. The van der Waals surface area contributed by atoms with Crippen molar-refractivity contribution in [2.24, 2.45) is 0 Å². The molecule has 4 heteroatoms. The highest BCUT2D eigenvalue weighted by molar-refractivity contribution is 5.35. The van der Waals surface area contributed by atoms with E-state index < -0.39 is 0 Å². The largest absolute Gasteiger partial charge is 0.491 e. The van der Waals surface area contributed by atoms with E-state index in [4.69, 9.17) is 20.0 Å². The molecule has 0 radical (unpaired) electrons.